The quantitative estimate of drug-likeness (QED) is 0.725. The smallest absolute Gasteiger partial charge is 0.130 e. The first-order valence-corrected chi connectivity index (χ1v) is 6.52. The van der Waals surface area contributed by atoms with Crippen molar-refractivity contribution in [3.05, 3.63) is 47.5 Å². The van der Waals surface area contributed by atoms with Crippen LogP contribution in [0.3, 0.4) is 0 Å². The molecule has 0 saturated heterocycles. The molecule has 0 bridgehead atoms. The van der Waals surface area contributed by atoms with Gasteiger partial charge in [0.1, 0.15) is 16.8 Å². The monoisotopic (exact) mass is 269 g/mol. The molecule has 3 aromatic rings. The number of aliphatic imine (C=N–C) groups is 1. The van der Waals surface area contributed by atoms with Crippen LogP contribution >= 0.6 is 11.7 Å². The predicted molar refractivity (Wildman–Crippen MR) is 77.5 cm³/mol. The second-order valence-electron chi connectivity index (χ2n) is 4.23. The van der Waals surface area contributed by atoms with Crippen molar-refractivity contribution in [2.24, 2.45) is 4.99 Å². The third kappa shape index (κ3) is 2.32. The van der Waals surface area contributed by atoms with E-state index in [-0.39, 0.29) is 5.75 Å². The molecule has 0 unspecified atom stereocenters. The zero-order valence-electron chi connectivity index (χ0n) is 10.2. The summed E-state index contributed by atoms with van der Waals surface area (Å²) in [6, 6.07) is 11.1. The molecule has 1 N–H and O–H groups in total. The summed E-state index contributed by atoms with van der Waals surface area (Å²) in [6.07, 6.45) is 1.65. The fourth-order valence-corrected chi connectivity index (χ4v) is 2.36. The summed E-state index contributed by atoms with van der Waals surface area (Å²) in [7, 11) is 0. The van der Waals surface area contributed by atoms with Crippen LogP contribution in [-0.4, -0.2) is 20.1 Å². The van der Waals surface area contributed by atoms with E-state index in [1.54, 1.807) is 12.3 Å². The van der Waals surface area contributed by atoms with Crippen LogP contribution in [0.5, 0.6) is 5.75 Å². The van der Waals surface area contributed by atoms with E-state index in [2.05, 4.69) is 13.7 Å². The lowest BCUT2D eigenvalue weighted by molar-refractivity contribution is 0.474. The number of hydrogen-bond acceptors (Lipinski definition) is 5. The van der Waals surface area contributed by atoms with Gasteiger partial charge in [0.25, 0.3) is 0 Å². The lowest BCUT2D eigenvalue weighted by Gasteiger charge is -2.00. The third-order valence-electron chi connectivity index (χ3n) is 2.79. The maximum Gasteiger partial charge on any atom is 0.130 e. The Hall–Kier alpha value is -2.27. The number of fused-ring (bicyclic) bond motifs is 1. The Bertz CT molecular complexity index is 764. The summed E-state index contributed by atoms with van der Waals surface area (Å²) in [6.45, 7) is 1.97. The van der Waals surface area contributed by atoms with Crippen LogP contribution < -0.4 is 0 Å². The summed E-state index contributed by atoms with van der Waals surface area (Å²) < 4.78 is 8.40. The summed E-state index contributed by atoms with van der Waals surface area (Å²) in [5.41, 5.74) is 4.16. The highest BCUT2D eigenvalue weighted by Gasteiger charge is 2.03. The molecule has 0 aliphatic rings. The zero-order valence-corrected chi connectivity index (χ0v) is 11.1. The Morgan fingerprint density at radius 1 is 1.21 bits per heavy atom. The van der Waals surface area contributed by atoms with E-state index in [0.29, 0.717) is 5.56 Å². The van der Waals surface area contributed by atoms with Gasteiger partial charge in [-0.3, -0.25) is 4.99 Å². The fourth-order valence-electron chi connectivity index (χ4n) is 1.81. The van der Waals surface area contributed by atoms with E-state index in [4.69, 9.17) is 0 Å². The molecule has 3 rings (SSSR count). The van der Waals surface area contributed by atoms with Gasteiger partial charge >= 0.3 is 0 Å². The van der Waals surface area contributed by atoms with Crippen LogP contribution in [0.2, 0.25) is 0 Å². The molecule has 0 atom stereocenters. The van der Waals surface area contributed by atoms with Gasteiger partial charge in [-0.1, -0.05) is 17.7 Å². The van der Waals surface area contributed by atoms with Crippen LogP contribution in [0, 0.1) is 6.92 Å². The van der Waals surface area contributed by atoms with Gasteiger partial charge in [0.2, 0.25) is 0 Å². The maximum atomic E-state index is 9.77. The lowest BCUT2D eigenvalue weighted by atomic mass is 10.1. The third-order valence-corrected chi connectivity index (χ3v) is 3.33. The molecule has 0 amide bonds. The molecule has 0 saturated carbocycles. The number of aromatic hydroxyl groups is 1. The van der Waals surface area contributed by atoms with Crippen molar-refractivity contribution < 1.29 is 5.11 Å². The average Bonchev–Trinajstić information content (AvgIpc) is 2.88. The number of aromatic nitrogens is 2. The first kappa shape index (κ1) is 11.8. The van der Waals surface area contributed by atoms with Crippen molar-refractivity contribution >= 4 is 34.7 Å². The largest absolute Gasteiger partial charge is 0.507 e. The second-order valence-corrected chi connectivity index (χ2v) is 4.76. The molecule has 1 aromatic heterocycles. The molecule has 0 aliphatic heterocycles. The predicted octanol–water partition coefficient (Wildman–Crippen LogP) is 3.46. The second kappa shape index (κ2) is 4.78. The van der Waals surface area contributed by atoms with Crippen LogP contribution in [0.4, 0.5) is 5.69 Å². The molecular weight excluding hydrogens is 258 g/mol. The Balaban J connectivity index is 2.02. The first-order valence-electron chi connectivity index (χ1n) is 5.79. The standard InChI is InChI=1S/C14H11N3OS/c1-9-5-6-13(18)10(7-9)8-15-11-3-2-4-12-14(11)17-19-16-12/h2-8,18H,1H3. The number of nitrogens with zero attached hydrogens (tertiary/aromatic N) is 3. The Morgan fingerprint density at radius 2 is 2.11 bits per heavy atom. The molecule has 0 spiro atoms. The number of aryl methyl sites for hydroxylation is 1. The number of benzene rings is 2. The molecule has 0 fully saturated rings. The summed E-state index contributed by atoms with van der Waals surface area (Å²) in [5, 5.41) is 9.77. The molecule has 4 nitrogen and oxygen atoms in total. The Kier molecular flexibility index (Phi) is 2.97. The summed E-state index contributed by atoms with van der Waals surface area (Å²) >= 11 is 1.17. The van der Waals surface area contributed by atoms with Gasteiger partial charge in [0.15, 0.2) is 0 Å². The Labute approximate surface area is 114 Å². The number of rotatable bonds is 2. The van der Waals surface area contributed by atoms with E-state index in [1.165, 1.54) is 11.7 Å². The first-order chi connectivity index (χ1) is 9.24. The molecule has 19 heavy (non-hydrogen) atoms. The number of hydrogen-bond donors (Lipinski definition) is 1. The molecule has 5 heteroatoms. The van der Waals surface area contributed by atoms with Gasteiger partial charge in [0, 0.05) is 11.8 Å². The van der Waals surface area contributed by atoms with Crippen molar-refractivity contribution in [1.29, 1.82) is 0 Å². The summed E-state index contributed by atoms with van der Waals surface area (Å²) in [4.78, 5) is 4.40. The van der Waals surface area contributed by atoms with E-state index >= 15 is 0 Å². The summed E-state index contributed by atoms with van der Waals surface area (Å²) in [5.74, 6) is 0.220. The van der Waals surface area contributed by atoms with Gasteiger partial charge in [-0.05, 0) is 31.2 Å². The minimum absolute atomic E-state index is 0.220. The minimum Gasteiger partial charge on any atom is -0.507 e. The molecule has 0 aliphatic carbocycles. The average molecular weight is 269 g/mol. The van der Waals surface area contributed by atoms with E-state index in [1.807, 2.05) is 37.3 Å². The highest BCUT2D eigenvalue weighted by atomic mass is 32.1. The van der Waals surface area contributed by atoms with E-state index in [9.17, 15) is 5.11 Å². The fraction of sp³-hybridized carbons (Fsp3) is 0.0714. The van der Waals surface area contributed by atoms with Gasteiger partial charge < -0.3 is 5.11 Å². The van der Waals surface area contributed by atoms with Crippen molar-refractivity contribution in [2.45, 2.75) is 6.92 Å². The van der Waals surface area contributed by atoms with Crippen LogP contribution in [0.15, 0.2) is 41.4 Å². The number of phenolic OH excluding ortho intramolecular Hbond substituents is 1. The van der Waals surface area contributed by atoms with Crippen molar-refractivity contribution in [3.8, 4) is 5.75 Å². The Morgan fingerprint density at radius 3 is 3.00 bits per heavy atom. The van der Waals surface area contributed by atoms with E-state index < -0.39 is 0 Å². The molecule has 2 aromatic carbocycles. The lowest BCUT2D eigenvalue weighted by Crippen LogP contribution is -1.84. The molecule has 94 valence electrons. The van der Waals surface area contributed by atoms with Crippen LogP contribution in [0.25, 0.3) is 11.0 Å². The van der Waals surface area contributed by atoms with Crippen LogP contribution in [0.1, 0.15) is 11.1 Å². The van der Waals surface area contributed by atoms with Crippen LogP contribution in [-0.2, 0) is 0 Å². The van der Waals surface area contributed by atoms with Gasteiger partial charge in [-0.2, -0.15) is 8.75 Å². The highest BCUT2D eigenvalue weighted by molar-refractivity contribution is 7.00. The van der Waals surface area contributed by atoms with Crippen molar-refractivity contribution in [1.82, 2.24) is 8.75 Å². The van der Waals surface area contributed by atoms with Gasteiger partial charge in [-0.15, -0.1) is 0 Å². The zero-order chi connectivity index (χ0) is 13.2. The van der Waals surface area contributed by atoms with E-state index in [0.717, 1.165) is 22.3 Å². The normalized spacial score (nSPS) is 11.4. The number of phenols is 1. The molecule has 0 radical (unpaired) electrons. The van der Waals surface area contributed by atoms with Crippen molar-refractivity contribution in [3.63, 3.8) is 0 Å². The molecular formula is C14H11N3OS. The maximum absolute atomic E-state index is 9.77. The SMILES string of the molecule is Cc1ccc(O)c(C=Nc2cccc3nsnc23)c1. The molecule has 1 heterocycles. The van der Waals surface area contributed by atoms with Gasteiger partial charge in [0.05, 0.1) is 17.4 Å². The van der Waals surface area contributed by atoms with Gasteiger partial charge in [-0.25, -0.2) is 0 Å². The highest BCUT2D eigenvalue weighted by Crippen LogP contribution is 2.24. The topological polar surface area (TPSA) is 58.4 Å². The van der Waals surface area contributed by atoms with Crippen molar-refractivity contribution in [2.75, 3.05) is 0 Å². The minimum atomic E-state index is 0.220.